The van der Waals surface area contributed by atoms with E-state index in [0.29, 0.717) is 6.54 Å². The third-order valence-electron chi connectivity index (χ3n) is 3.01. The molecule has 3 rings (SSSR count). The van der Waals surface area contributed by atoms with Gasteiger partial charge in [-0.2, -0.15) is 0 Å². The second-order valence-electron chi connectivity index (χ2n) is 4.21. The number of rotatable bonds is 4. The first-order chi connectivity index (χ1) is 9.33. The second kappa shape index (κ2) is 5.07. The van der Waals surface area contributed by atoms with E-state index in [1.165, 1.54) is 0 Å². The molecule has 0 bridgehead atoms. The molecule has 0 unspecified atom stereocenters. The fourth-order valence-electron chi connectivity index (χ4n) is 2.15. The molecule has 3 aromatic rings. The smallest absolute Gasteiger partial charge is 0.160 e. The zero-order valence-electron chi connectivity index (χ0n) is 10.7. The maximum atomic E-state index is 5.56. The van der Waals surface area contributed by atoms with Crippen molar-refractivity contribution in [3.05, 3.63) is 28.8 Å². The topological polar surface area (TPSA) is 69.6 Å². The Bertz CT molecular complexity index is 700. The molecule has 0 aliphatic carbocycles. The second-order valence-corrected chi connectivity index (χ2v) is 5.15. The van der Waals surface area contributed by atoms with E-state index in [-0.39, 0.29) is 0 Å². The predicted octanol–water partition coefficient (Wildman–Crippen LogP) is 2.08. The number of nitrogens with zero attached hydrogens (tertiary/aromatic N) is 4. The minimum Gasteiger partial charge on any atom is -0.330 e. The number of pyridine rings is 1. The quantitative estimate of drug-likeness (QED) is 0.790. The van der Waals surface area contributed by atoms with Gasteiger partial charge in [-0.05, 0) is 19.5 Å². The summed E-state index contributed by atoms with van der Waals surface area (Å²) in [5.41, 5.74) is 8.49. The number of hydrogen-bond acceptors (Lipinski definition) is 5. The van der Waals surface area contributed by atoms with E-state index < -0.39 is 0 Å². The van der Waals surface area contributed by atoms with Gasteiger partial charge < -0.3 is 10.3 Å². The number of aryl methyl sites for hydroxylation is 1. The Morgan fingerprint density at radius 3 is 3.05 bits per heavy atom. The molecule has 6 heteroatoms. The van der Waals surface area contributed by atoms with Crippen molar-refractivity contribution >= 4 is 22.4 Å². The van der Waals surface area contributed by atoms with Gasteiger partial charge in [0, 0.05) is 24.5 Å². The molecular formula is C13H15N5S. The van der Waals surface area contributed by atoms with Gasteiger partial charge >= 0.3 is 0 Å². The zero-order valence-corrected chi connectivity index (χ0v) is 11.5. The lowest BCUT2D eigenvalue weighted by Gasteiger charge is -2.02. The van der Waals surface area contributed by atoms with Crippen molar-refractivity contribution in [3.8, 4) is 11.5 Å². The first-order valence-electron chi connectivity index (χ1n) is 6.28. The molecule has 0 spiro atoms. The highest BCUT2D eigenvalue weighted by Gasteiger charge is 2.14. The number of fused-ring (bicyclic) bond motifs is 1. The van der Waals surface area contributed by atoms with Crippen molar-refractivity contribution in [3.63, 3.8) is 0 Å². The highest BCUT2D eigenvalue weighted by Crippen LogP contribution is 2.25. The maximum Gasteiger partial charge on any atom is 0.160 e. The summed E-state index contributed by atoms with van der Waals surface area (Å²) in [6.07, 6.45) is 4.40. The van der Waals surface area contributed by atoms with Crippen molar-refractivity contribution in [1.82, 2.24) is 19.5 Å². The molecule has 3 heterocycles. The lowest BCUT2D eigenvalue weighted by molar-refractivity contribution is 0.793. The highest BCUT2D eigenvalue weighted by molar-refractivity contribution is 7.09. The van der Waals surface area contributed by atoms with E-state index in [2.05, 4.69) is 26.4 Å². The van der Waals surface area contributed by atoms with Gasteiger partial charge in [-0.15, -0.1) is 11.3 Å². The van der Waals surface area contributed by atoms with E-state index in [9.17, 15) is 0 Å². The van der Waals surface area contributed by atoms with Crippen LogP contribution < -0.4 is 5.73 Å². The highest BCUT2D eigenvalue weighted by atomic mass is 32.1. The molecule has 5 nitrogen and oxygen atoms in total. The SMILES string of the molecule is CCn1c(-c2csc(CCN)n2)nc2cnccc21. The molecule has 0 aromatic carbocycles. The fourth-order valence-corrected chi connectivity index (χ4v) is 2.94. The van der Waals surface area contributed by atoms with Crippen LogP contribution in [0.1, 0.15) is 11.9 Å². The van der Waals surface area contributed by atoms with Crippen LogP contribution in [-0.2, 0) is 13.0 Å². The Morgan fingerprint density at radius 1 is 1.37 bits per heavy atom. The molecule has 2 N–H and O–H groups in total. The van der Waals surface area contributed by atoms with Gasteiger partial charge in [-0.3, -0.25) is 4.98 Å². The van der Waals surface area contributed by atoms with Crippen LogP contribution in [0.2, 0.25) is 0 Å². The van der Waals surface area contributed by atoms with E-state index in [1.54, 1.807) is 23.7 Å². The van der Waals surface area contributed by atoms with Crippen LogP contribution in [0.5, 0.6) is 0 Å². The van der Waals surface area contributed by atoms with Crippen molar-refractivity contribution in [1.29, 1.82) is 0 Å². The first kappa shape index (κ1) is 12.3. The maximum absolute atomic E-state index is 5.56. The number of hydrogen-bond donors (Lipinski definition) is 1. The molecule has 0 radical (unpaired) electrons. The normalized spacial score (nSPS) is 11.3. The Labute approximate surface area is 115 Å². The van der Waals surface area contributed by atoms with Crippen LogP contribution in [0.3, 0.4) is 0 Å². The Balaban J connectivity index is 2.12. The molecule has 0 saturated heterocycles. The van der Waals surface area contributed by atoms with Gasteiger partial charge in [0.2, 0.25) is 0 Å². The number of aromatic nitrogens is 4. The Kier molecular flexibility index (Phi) is 3.27. The Hall–Kier alpha value is -1.79. The minimum atomic E-state index is 0.626. The van der Waals surface area contributed by atoms with Crippen LogP contribution in [0.4, 0.5) is 0 Å². The summed E-state index contributed by atoms with van der Waals surface area (Å²) in [7, 11) is 0. The third-order valence-corrected chi connectivity index (χ3v) is 3.91. The van der Waals surface area contributed by atoms with Crippen LogP contribution in [0.25, 0.3) is 22.6 Å². The van der Waals surface area contributed by atoms with Crippen molar-refractivity contribution in [2.75, 3.05) is 6.54 Å². The van der Waals surface area contributed by atoms with Crippen molar-refractivity contribution in [2.24, 2.45) is 5.73 Å². The standard InChI is InChI=1S/C13H15N5S/c1-2-18-11-4-6-15-7-9(11)17-13(18)10-8-19-12(16-10)3-5-14/h4,6-8H,2-3,5,14H2,1H3. The summed E-state index contributed by atoms with van der Waals surface area (Å²) >= 11 is 1.64. The molecule has 3 aromatic heterocycles. The molecule has 0 amide bonds. The van der Waals surface area contributed by atoms with Gasteiger partial charge in [0.1, 0.15) is 11.2 Å². The first-order valence-corrected chi connectivity index (χ1v) is 7.16. The monoisotopic (exact) mass is 273 g/mol. The van der Waals surface area contributed by atoms with Crippen molar-refractivity contribution in [2.45, 2.75) is 19.9 Å². The fraction of sp³-hybridized carbons (Fsp3) is 0.308. The average Bonchev–Trinajstić information content (AvgIpc) is 3.02. The summed E-state index contributed by atoms with van der Waals surface area (Å²) in [4.78, 5) is 13.4. The van der Waals surface area contributed by atoms with Gasteiger partial charge in [0.05, 0.1) is 16.7 Å². The van der Waals surface area contributed by atoms with E-state index >= 15 is 0 Å². The van der Waals surface area contributed by atoms with Gasteiger partial charge in [-0.25, -0.2) is 9.97 Å². The van der Waals surface area contributed by atoms with E-state index in [4.69, 9.17) is 5.73 Å². The predicted molar refractivity (Wildman–Crippen MR) is 77.1 cm³/mol. The number of thiazole rings is 1. The molecule has 19 heavy (non-hydrogen) atoms. The van der Waals surface area contributed by atoms with Crippen LogP contribution in [0, 0.1) is 0 Å². The molecule has 98 valence electrons. The number of nitrogens with two attached hydrogens (primary N) is 1. The summed E-state index contributed by atoms with van der Waals surface area (Å²) in [5, 5.41) is 3.11. The Morgan fingerprint density at radius 2 is 2.26 bits per heavy atom. The van der Waals surface area contributed by atoms with E-state index in [0.717, 1.165) is 40.5 Å². The molecule has 0 saturated carbocycles. The van der Waals surface area contributed by atoms with E-state index in [1.807, 2.05) is 11.4 Å². The summed E-state index contributed by atoms with van der Waals surface area (Å²) < 4.78 is 2.16. The van der Waals surface area contributed by atoms with Crippen molar-refractivity contribution < 1.29 is 0 Å². The molecule has 0 fully saturated rings. The zero-order chi connectivity index (χ0) is 13.2. The van der Waals surface area contributed by atoms with Gasteiger partial charge in [0.15, 0.2) is 5.82 Å². The van der Waals surface area contributed by atoms with Crippen LogP contribution in [-0.4, -0.2) is 26.1 Å². The van der Waals surface area contributed by atoms with Crippen LogP contribution >= 0.6 is 11.3 Å². The molecule has 0 aliphatic heterocycles. The molecule has 0 atom stereocenters. The average molecular weight is 273 g/mol. The summed E-state index contributed by atoms with van der Waals surface area (Å²) in [5.74, 6) is 0.907. The summed E-state index contributed by atoms with van der Waals surface area (Å²) in [6.45, 7) is 3.60. The molecular weight excluding hydrogens is 258 g/mol. The molecule has 0 aliphatic rings. The third kappa shape index (κ3) is 2.13. The number of imidazole rings is 1. The lowest BCUT2D eigenvalue weighted by Crippen LogP contribution is -2.02. The van der Waals surface area contributed by atoms with Crippen LogP contribution in [0.15, 0.2) is 23.8 Å². The van der Waals surface area contributed by atoms with Gasteiger partial charge in [-0.1, -0.05) is 0 Å². The largest absolute Gasteiger partial charge is 0.330 e. The lowest BCUT2D eigenvalue weighted by atomic mass is 10.4. The minimum absolute atomic E-state index is 0.626. The van der Waals surface area contributed by atoms with Gasteiger partial charge in [0.25, 0.3) is 0 Å². The summed E-state index contributed by atoms with van der Waals surface area (Å²) in [6, 6.07) is 1.99.